The van der Waals surface area contributed by atoms with E-state index in [1.807, 2.05) is 6.07 Å². The average molecular weight is 278 g/mol. The van der Waals surface area contributed by atoms with Gasteiger partial charge in [-0.25, -0.2) is 4.39 Å². The van der Waals surface area contributed by atoms with E-state index in [2.05, 4.69) is 10.2 Å². The fourth-order valence-corrected chi connectivity index (χ4v) is 2.90. The first-order chi connectivity index (χ1) is 9.76. The molecule has 0 radical (unpaired) electrons. The van der Waals surface area contributed by atoms with Crippen molar-refractivity contribution in [2.75, 3.05) is 25.1 Å². The molecule has 2 aliphatic rings. The summed E-state index contributed by atoms with van der Waals surface area (Å²) in [6, 6.07) is 5.78. The number of hydrogen-bond donors (Lipinski definition) is 1. The van der Waals surface area contributed by atoms with Crippen molar-refractivity contribution in [2.45, 2.75) is 44.4 Å². The molecule has 0 aromatic heterocycles. The lowest BCUT2D eigenvalue weighted by Crippen LogP contribution is -2.40. The molecule has 2 fully saturated rings. The molecule has 1 saturated heterocycles. The first-order valence-electron chi connectivity index (χ1n) is 7.56. The highest BCUT2D eigenvalue weighted by molar-refractivity contribution is 5.54. The minimum atomic E-state index is -0.151. The van der Waals surface area contributed by atoms with Crippen LogP contribution in [0.3, 0.4) is 0 Å². The van der Waals surface area contributed by atoms with Gasteiger partial charge in [0.05, 0.1) is 6.10 Å². The minimum absolute atomic E-state index is 0.151. The first-order valence-corrected chi connectivity index (χ1v) is 7.56. The third-order valence-corrected chi connectivity index (χ3v) is 4.25. The van der Waals surface area contributed by atoms with Crippen LogP contribution in [-0.4, -0.2) is 32.3 Å². The molecule has 1 unspecified atom stereocenters. The van der Waals surface area contributed by atoms with E-state index in [0.29, 0.717) is 6.04 Å². The molecule has 1 heterocycles. The summed E-state index contributed by atoms with van der Waals surface area (Å²) in [5.41, 5.74) is 2.22. The molecule has 110 valence electrons. The normalized spacial score (nSPS) is 23.1. The van der Waals surface area contributed by atoms with Crippen LogP contribution in [0.5, 0.6) is 0 Å². The van der Waals surface area contributed by atoms with Crippen molar-refractivity contribution in [3.63, 3.8) is 0 Å². The van der Waals surface area contributed by atoms with Crippen molar-refractivity contribution < 1.29 is 9.13 Å². The Bertz CT molecular complexity index is 462. The summed E-state index contributed by atoms with van der Waals surface area (Å²) in [5, 5.41) is 3.48. The molecule has 0 amide bonds. The molecule has 3 rings (SSSR count). The van der Waals surface area contributed by atoms with Gasteiger partial charge in [0.2, 0.25) is 0 Å². The quantitative estimate of drug-likeness (QED) is 0.896. The lowest BCUT2D eigenvalue weighted by molar-refractivity contribution is 0.0893. The largest absolute Gasteiger partial charge is 0.380 e. The van der Waals surface area contributed by atoms with E-state index in [0.717, 1.165) is 43.7 Å². The summed E-state index contributed by atoms with van der Waals surface area (Å²) in [5.74, 6) is -0.151. The van der Waals surface area contributed by atoms with E-state index in [4.69, 9.17) is 4.74 Å². The average Bonchev–Trinajstić information content (AvgIpc) is 3.29. The molecule has 1 aromatic rings. The van der Waals surface area contributed by atoms with E-state index in [-0.39, 0.29) is 11.9 Å². The first kappa shape index (κ1) is 13.8. The van der Waals surface area contributed by atoms with Crippen LogP contribution >= 0.6 is 0 Å². The third-order valence-electron chi connectivity index (χ3n) is 4.25. The van der Waals surface area contributed by atoms with Gasteiger partial charge in [-0.3, -0.25) is 0 Å². The predicted octanol–water partition coefficient (Wildman–Crippen LogP) is 2.69. The third kappa shape index (κ3) is 3.30. The number of anilines is 1. The number of nitrogens with zero attached hydrogens (tertiary/aromatic N) is 1. The molecule has 1 aliphatic carbocycles. The lowest BCUT2D eigenvalue weighted by atomic mass is 10.0. The van der Waals surface area contributed by atoms with E-state index in [1.165, 1.54) is 12.8 Å². The highest BCUT2D eigenvalue weighted by Crippen LogP contribution is 2.27. The van der Waals surface area contributed by atoms with Crippen LogP contribution < -0.4 is 10.2 Å². The fraction of sp³-hybridized carbons (Fsp3) is 0.625. The molecule has 4 heteroatoms. The second-order valence-electron chi connectivity index (χ2n) is 5.87. The van der Waals surface area contributed by atoms with Gasteiger partial charge < -0.3 is 15.0 Å². The van der Waals surface area contributed by atoms with Gasteiger partial charge >= 0.3 is 0 Å². The second kappa shape index (κ2) is 6.10. The molecule has 1 saturated carbocycles. The van der Waals surface area contributed by atoms with Crippen molar-refractivity contribution in [3.05, 3.63) is 29.6 Å². The number of methoxy groups -OCH3 is 1. The van der Waals surface area contributed by atoms with Crippen LogP contribution in [0.1, 0.15) is 31.2 Å². The Morgan fingerprint density at radius 2 is 2.20 bits per heavy atom. The van der Waals surface area contributed by atoms with Crippen LogP contribution in [0.15, 0.2) is 18.2 Å². The zero-order valence-corrected chi connectivity index (χ0v) is 12.1. The molecule has 1 aromatic carbocycles. The van der Waals surface area contributed by atoms with Crippen LogP contribution in [0.4, 0.5) is 10.1 Å². The van der Waals surface area contributed by atoms with Gasteiger partial charge in [-0.1, -0.05) is 0 Å². The molecular weight excluding hydrogens is 255 g/mol. The number of benzene rings is 1. The van der Waals surface area contributed by atoms with Crippen molar-refractivity contribution in [1.82, 2.24) is 5.32 Å². The monoisotopic (exact) mass is 278 g/mol. The van der Waals surface area contributed by atoms with E-state index < -0.39 is 0 Å². The molecule has 1 atom stereocenters. The van der Waals surface area contributed by atoms with Gasteiger partial charge in [0, 0.05) is 38.5 Å². The maximum atomic E-state index is 13.5. The number of piperidine rings is 1. The summed E-state index contributed by atoms with van der Waals surface area (Å²) in [4.78, 5) is 2.33. The fourth-order valence-electron chi connectivity index (χ4n) is 2.90. The van der Waals surface area contributed by atoms with Crippen LogP contribution in [0, 0.1) is 5.82 Å². The molecule has 0 spiro atoms. The topological polar surface area (TPSA) is 24.5 Å². The number of nitrogens with one attached hydrogen (secondary N) is 1. The summed E-state index contributed by atoms with van der Waals surface area (Å²) in [7, 11) is 1.77. The number of hydrogen-bond acceptors (Lipinski definition) is 3. The van der Waals surface area contributed by atoms with Crippen LogP contribution in [-0.2, 0) is 11.3 Å². The van der Waals surface area contributed by atoms with Crippen LogP contribution in [0.2, 0.25) is 0 Å². The van der Waals surface area contributed by atoms with Gasteiger partial charge in [0.1, 0.15) is 5.82 Å². The van der Waals surface area contributed by atoms with E-state index >= 15 is 0 Å². The summed E-state index contributed by atoms with van der Waals surface area (Å²) in [6.45, 7) is 2.69. The summed E-state index contributed by atoms with van der Waals surface area (Å²) >= 11 is 0. The number of ether oxygens (including phenoxy) is 1. The smallest absolute Gasteiger partial charge is 0.123 e. The Morgan fingerprint density at radius 1 is 1.35 bits per heavy atom. The zero-order valence-electron chi connectivity index (χ0n) is 12.1. The Labute approximate surface area is 120 Å². The van der Waals surface area contributed by atoms with Gasteiger partial charge in [-0.15, -0.1) is 0 Å². The minimum Gasteiger partial charge on any atom is -0.380 e. The maximum Gasteiger partial charge on any atom is 0.123 e. The molecule has 1 N–H and O–H groups in total. The van der Waals surface area contributed by atoms with Crippen molar-refractivity contribution in [3.8, 4) is 0 Å². The highest BCUT2D eigenvalue weighted by Gasteiger charge is 2.24. The Balaban J connectivity index is 1.75. The van der Waals surface area contributed by atoms with Crippen molar-refractivity contribution in [2.24, 2.45) is 0 Å². The molecule has 3 nitrogen and oxygen atoms in total. The number of halogens is 1. The zero-order chi connectivity index (χ0) is 13.9. The van der Waals surface area contributed by atoms with Gasteiger partial charge in [0.15, 0.2) is 0 Å². The Kier molecular flexibility index (Phi) is 4.22. The predicted molar refractivity (Wildman–Crippen MR) is 78.5 cm³/mol. The van der Waals surface area contributed by atoms with Gasteiger partial charge in [0.25, 0.3) is 0 Å². The SMILES string of the molecule is COC1CCCN(c2ccc(F)cc2CNC2CC2)C1. The Hall–Kier alpha value is -1.13. The van der Waals surface area contributed by atoms with E-state index in [1.54, 1.807) is 19.2 Å². The molecule has 20 heavy (non-hydrogen) atoms. The number of rotatable bonds is 5. The van der Waals surface area contributed by atoms with Gasteiger partial charge in [-0.2, -0.15) is 0 Å². The molecular formula is C16H23FN2O. The standard InChI is InChI=1S/C16H23FN2O/c1-20-15-3-2-8-19(11-15)16-7-4-13(17)9-12(16)10-18-14-5-6-14/h4,7,9,14-15,18H,2-3,5-6,8,10-11H2,1H3. The summed E-state index contributed by atoms with van der Waals surface area (Å²) in [6.07, 6.45) is 5.04. The van der Waals surface area contributed by atoms with Crippen molar-refractivity contribution in [1.29, 1.82) is 0 Å². The van der Waals surface area contributed by atoms with Crippen molar-refractivity contribution >= 4 is 5.69 Å². The lowest BCUT2D eigenvalue weighted by Gasteiger charge is -2.35. The maximum absolute atomic E-state index is 13.5. The molecule has 1 aliphatic heterocycles. The highest BCUT2D eigenvalue weighted by atomic mass is 19.1. The Morgan fingerprint density at radius 3 is 2.95 bits per heavy atom. The summed E-state index contributed by atoms with van der Waals surface area (Å²) < 4.78 is 19.0. The van der Waals surface area contributed by atoms with Gasteiger partial charge in [-0.05, 0) is 49.4 Å². The van der Waals surface area contributed by atoms with Crippen LogP contribution in [0.25, 0.3) is 0 Å². The second-order valence-corrected chi connectivity index (χ2v) is 5.87. The van der Waals surface area contributed by atoms with E-state index in [9.17, 15) is 4.39 Å². The molecule has 0 bridgehead atoms.